The molecule has 20 heavy (non-hydrogen) atoms. The summed E-state index contributed by atoms with van der Waals surface area (Å²) >= 11 is 0. The van der Waals surface area contributed by atoms with Gasteiger partial charge < -0.3 is 20.3 Å². The lowest BCUT2D eigenvalue weighted by Gasteiger charge is -2.14. The van der Waals surface area contributed by atoms with Crippen molar-refractivity contribution in [3.63, 3.8) is 0 Å². The summed E-state index contributed by atoms with van der Waals surface area (Å²) in [6.07, 6.45) is 0.501. The number of aliphatic hydroxyl groups excluding tert-OH is 2. The number of rotatable bonds is 9. The van der Waals surface area contributed by atoms with E-state index in [1.54, 1.807) is 24.3 Å². The first kappa shape index (κ1) is 16.4. The lowest BCUT2D eigenvalue weighted by atomic mass is 10.2. The zero-order valence-corrected chi connectivity index (χ0v) is 11.7. The highest BCUT2D eigenvalue weighted by atomic mass is 16.5. The Bertz CT molecular complexity index is 431. The van der Waals surface area contributed by atoms with Gasteiger partial charge in [0, 0.05) is 6.54 Å². The fraction of sp³-hybridized carbons (Fsp3) is 0.533. The minimum Gasteiger partial charge on any atom is -0.491 e. The average Bonchev–Trinajstić information content (AvgIpc) is 2.49. The molecule has 0 saturated carbocycles. The Morgan fingerprint density at radius 1 is 1.35 bits per heavy atom. The van der Waals surface area contributed by atoms with E-state index >= 15 is 0 Å². The summed E-state index contributed by atoms with van der Waals surface area (Å²) < 4.78 is 5.42. The molecule has 0 aromatic heterocycles. The van der Waals surface area contributed by atoms with Crippen LogP contribution in [0.25, 0.3) is 0 Å². The van der Waals surface area contributed by atoms with Gasteiger partial charge in [-0.25, -0.2) is 0 Å². The van der Waals surface area contributed by atoms with E-state index < -0.39 is 6.10 Å². The van der Waals surface area contributed by atoms with Gasteiger partial charge in [-0.15, -0.1) is 0 Å². The minimum atomic E-state index is -0.625. The second kappa shape index (κ2) is 9.32. The number of nitrogens with one attached hydrogen (secondary N) is 1. The van der Waals surface area contributed by atoms with E-state index in [0.29, 0.717) is 30.8 Å². The van der Waals surface area contributed by atoms with Crippen molar-refractivity contribution in [1.82, 2.24) is 5.32 Å². The maximum atomic E-state index is 9.74. The molecule has 1 rings (SSSR count). The molecular formula is C15H22N2O3. The summed E-state index contributed by atoms with van der Waals surface area (Å²) in [4.78, 5) is 0. The van der Waals surface area contributed by atoms with Crippen LogP contribution in [0.5, 0.6) is 5.75 Å². The second-order valence-electron chi connectivity index (χ2n) is 4.66. The Morgan fingerprint density at radius 3 is 2.85 bits per heavy atom. The molecule has 1 aromatic rings. The third-order valence-electron chi connectivity index (χ3n) is 2.91. The monoisotopic (exact) mass is 278 g/mol. The minimum absolute atomic E-state index is 0.165. The van der Waals surface area contributed by atoms with Gasteiger partial charge in [0.15, 0.2) is 0 Å². The SMILES string of the molecule is CCC(O)CCNCC(O)COc1cccc(C#N)c1. The fourth-order valence-corrected chi connectivity index (χ4v) is 1.65. The fourth-order valence-electron chi connectivity index (χ4n) is 1.65. The van der Waals surface area contributed by atoms with E-state index in [4.69, 9.17) is 10.00 Å². The van der Waals surface area contributed by atoms with Crippen LogP contribution in [0.1, 0.15) is 25.3 Å². The van der Waals surface area contributed by atoms with Crippen molar-refractivity contribution in [3.8, 4) is 11.8 Å². The van der Waals surface area contributed by atoms with Crippen LogP contribution >= 0.6 is 0 Å². The van der Waals surface area contributed by atoms with Crippen molar-refractivity contribution >= 4 is 0 Å². The zero-order chi connectivity index (χ0) is 14.8. The van der Waals surface area contributed by atoms with E-state index in [1.165, 1.54) is 0 Å². The first-order valence-corrected chi connectivity index (χ1v) is 6.85. The Kier molecular flexibility index (Phi) is 7.66. The third-order valence-corrected chi connectivity index (χ3v) is 2.91. The van der Waals surface area contributed by atoms with Crippen LogP contribution in [0.2, 0.25) is 0 Å². The standard InChI is InChI=1S/C15H22N2O3/c1-2-13(18)6-7-17-10-14(19)11-20-15-5-3-4-12(8-15)9-16/h3-5,8,13-14,17-19H,2,6-7,10-11H2,1H3. The van der Waals surface area contributed by atoms with Crippen LogP contribution < -0.4 is 10.1 Å². The molecule has 0 radical (unpaired) electrons. The maximum Gasteiger partial charge on any atom is 0.120 e. The summed E-state index contributed by atoms with van der Waals surface area (Å²) in [6, 6.07) is 8.86. The van der Waals surface area contributed by atoms with Crippen LogP contribution in [0, 0.1) is 11.3 Å². The molecule has 0 spiro atoms. The first-order valence-electron chi connectivity index (χ1n) is 6.85. The molecule has 0 heterocycles. The molecule has 0 amide bonds. The van der Waals surface area contributed by atoms with Crippen molar-refractivity contribution in [2.24, 2.45) is 0 Å². The molecule has 0 fully saturated rings. The molecule has 0 aliphatic heterocycles. The topological polar surface area (TPSA) is 85.5 Å². The molecular weight excluding hydrogens is 256 g/mol. The number of nitriles is 1. The van der Waals surface area contributed by atoms with E-state index in [-0.39, 0.29) is 12.7 Å². The summed E-state index contributed by atoms with van der Waals surface area (Å²) in [5.74, 6) is 0.574. The van der Waals surface area contributed by atoms with Crippen LogP contribution in [0.4, 0.5) is 0 Å². The Balaban J connectivity index is 2.19. The largest absolute Gasteiger partial charge is 0.491 e. The van der Waals surface area contributed by atoms with E-state index in [0.717, 1.165) is 6.42 Å². The Morgan fingerprint density at radius 2 is 2.15 bits per heavy atom. The quantitative estimate of drug-likeness (QED) is 0.588. The van der Waals surface area contributed by atoms with Crippen molar-refractivity contribution in [1.29, 1.82) is 5.26 Å². The summed E-state index contributed by atoms with van der Waals surface area (Å²) in [6.45, 7) is 3.17. The molecule has 3 N–H and O–H groups in total. The molecule has 0 bridgehead atoms. The van der Waals surface area contributed by atoms with Gasteiger partial charge in [0.25, 0.3) is 0 Å². The Hall–Kier alpha value is -1.61. The molecule has 5 heteroatoms. The molecule has 2 atom stereocenters. The maximum absolute atomic E-state index is 9.74. The molecule has 110 valence electrons. The highest BCUT2D eigenvalue weighted by Gasteiger charge is 2.06. The molecule has 1 aromatic carbocycles. The first-order chi connectivity index (χ1) is 9.65. The second-order valence-corrected chi connectivity index (χ2v) is 4.66. The summed E-state index contributed by atoms with van der Waals surface area (Å²) in [5.41, 5.74) is 0.531. The average molecular weight is 278 g/mol. The molecule has 0 aliphatic rings. The summed E-state index contributed by atoms with van der Waals surface area (Å²) in [5, 5.41) is 30.9. The molecule has 2 unspecified atom stereocenters. The van der Waals surface area contributed by atoms with Crippen molar-refractivity contribution in [2.45, 2.75) is 32.0 Å². The van der Waals surface area contributed by atoms with Gasteiger partial charge in [0.2, 0.25) is 0 Å². The van der Waals surface area contributed by atoms with Gasteiger partial charge in [-0.05, 0) is 37.6 Å². The van der Waals surface area contributed by atoms with Crippen molar-refractivity contribution in [2.75, 3.05) is 19.7 Å². The van der Waals surface area contributed by atoms with Gasteiger partial charge in [0.1, 0.15) is 18.5 Å². The normalized spacial score (nSPS) is 13.5. The lowest BCUT2D eigenvalue weighted by Crippen LogP contribution is -2.33. The van der Waals surface area contributed by atoms with Crippen LogP contribution in [-0.2, 0) is 0 Å². The highest BCUT2D eigenvalue weighted by molar-refractivity contribution is 5.36. The highest BCUT2D eigenvalue weighted by Crippen LogP contribution is 2.12. The Labute approximate surface area is 119 Å². The predicted molar refractivity (Wildman–Crippen MR) is 76.4 cm³/mol. The number of ether oxygens (including phenoxy) is 1. The van der Waals surface area contributed by atoms with Crippen molar-refractivity contribution < 1.29 is 14.9 Å². The summed E-state index contributed by atoms with van der Waals surface area (Å²) in [7, 11) is 0. The van der Waals surface area contributed by atoms with Crippen LogP contribution in [0.15, 0.2) is 24.3 Å². The number of aliphatic hydroxyl groups is 2. The number of hydrogen-bond acceptors (Lipinski definition) is 5. The van der Waals surface area contributed by atoms with Gasteiger partial charge in [-0.2, -0.15) is 5.26 Å². The van der Waals surface area contributed by atoms with Gasteiger partial charge >= 0.3 is 0 Å². The van der Waals surface area contributed by atoms with Gasteiger partial charge in [-0.3, -0.25) is 0 Å². The number of hydrogen-bond donors (Lipinski definition) is 3. The van der Waals surface area contributed by atoms with E-state index in [9.17, 15) is 10.2 Å². The van der Waals surface area contributed by atoms with Gasteiger partial charge in [-0.1, -0.05) is 13.0 Å². The van der Waals surface area contributed by atoms with Gasteiger partial charge in [0.05, 0.1) is 17.7 Å². The van der Waals surface area contributed by atoms with E-state index in [1.807, 2.05) is 13.0 Å². The molecule has 0 saturated heterocycles. The van der Waals surface area contributed by atoms with E-state index in [2.05, 4.69) is 5.32 Å². The predicted octanol–water partition coefficient (Wildman–Crippen LogP) is 1.05. The molecule has 0 aliphatic carbocycles. The zero-order valence-electron chi connectivity index (χ0n) is 11.7. The van der Waals surface area contributed by atoms with Crippen LogP contribution in [0.3, 0.4) is 0 Å². The van der Waals surface area contributed by atoms with Crippen LogP contribution in [-0.4, -0.2) is 42.1 Å². The smallest absolute Gasteiger partial charge is 0.120 e. The lowest BCUT2D eigenvalue weighted by molar-refractivity contribution is 0.104. The molecule has 5 nitrogen and oxygen atoms in total. The number of nitrogens with zero attached hydrogens (tertiary/aromatic N) is 1. The third kappa shape index (κ3) is 6.53. The van der Waals surface area contributed by atoms with Crippen molar-refractivity contribution in [3.05, 3.63) is 29.8 Å². The number of benzene rings is 1.